The fourth-order valence-corrected chi connectivity index (χ4v) is 2.14. The smallest absolute Gasteiger partial charge is 0.0680 e. The molecule has 0 radical (unpaired) electrons. The zero-order valence-electron chi connectivity index (χ0n) is 8.21. The Morgan fingerprint density at radius 2 is 2.15 bits per heavy atom. The third-order valence-corrected chi connectivity index (χ3v) is 2.78. The van der Waals surface area contributed by atoms with Gasteiger partial charge in [-0.05, 0) is 37.7 Å². The molecule has 1 aromatic heterocycles. The highest BCUT2D eigenvalue weighted by Gasteiger charge is 2.18. The molecule has 0 amide bonds. The van der Waals surface area contributed by atoms with Gasteiger partial charge in [0, 0.05) is 0 Å². The van der Waals surface area contributed by atoms with Gasteiger partial charge in [-0.15, -0.1) is 0 Å². The van der Waals surface area contributed by atoms with Crippen molar-refractivity contribution in [1.82, 2.24) is 9.89 Å². The first-order chi connectivity index (χ1) is 6.33. The van der Waals surface area contributed by atoms with Crippen LogP contribution in [0.15, 0.2) is 0 Å². The Labute approximate surface area is 78.9 Å². The normalized spacial score (nSPS) is 15.8. The van der Waals surface area contributed by atoms with Crippen molar-refractivity contribution >= 4 is 0 Å². The van der Waals surface area contributed by atoms with Crippen molar-refractivity contribution in [1.29, 1.82) is 0 Å². The largest absolute Gasteiger partial charge is 0.323 e. The van der Waals surface area contributed by atoms with Crippen LogP contribution >= 0.6 is 0 Å². The van der Waals surface area contributed by atoms with Gasteiger partial charge in [0.1, 0.15) is 0 Å². The Hall–Kier alpha value is -0.990. The van der Waals surface area contributed by atoms with E-state index in [1.807, 2.05) is 0 Å². The van der Waals surface area contributed by atoms with E-state index in [1.54, 1.807) is 4.79 Å². The molecule has 1 aliphatic carbocycles. The summed E-state index contributed by atoms with van der Waals surface area (Å²) in [4.78, 5) is 1.60. The minimum absolute atomic E-state index is 1.08. The third-order valence-electron chi connectivity index (χ3n) is 2.78. The summed E-state index contributed by atoms with van der Waals surface area (Å²) in [5.74, 6) is 5.80. The molecule has 0 atom stereocenters. The van der Waals surface area contributed by atoms with Crippen molar-refractivity contribution in [2.45, 2.75) is 45.4 Å². The molecule has 0 saturated heterocycles. The average molecular weight is 179 g/mol. The molecule has 0 unspecified atom stereocenters. The first-order valence-corrected chi connectivity index (χ1v) is 5.17. The van der Waals surface area contributed by atoms with Gasteiger partial charge in [-0.2, -0.15) is 9.89 Å². The summed E-state index contributed by atoms with van der Waals surface area (Å²) in [6.07, 6.45) is 7.09. The number of aromatic nitrogens is 2. The number of aryl methyl sites for hydroxylation is 1. The lowest BCUT2D eigenvalue weighted by molar-refractivity contribution is 0.643. The second-order valence-corrected chi connectivity index (χ2v) is 3.77. The molecule has 3 nitrogen and oxygen atoms in total. The zero-order valence-corrected chi connectivity index (χ0v) is 8.21. The van der Waals surface area contributed by atoms with E-state index in [-0.39, 0.29) is 0 Å². The molecule has 72 valence electrons. The summed E-state index contributed by atoms with van der Waals surface area (Å²) in [5.41, 5.74) is 3.95. The van der Waals surface area contributed by atoms with Gasteiger partial charge < -0.3 is 5.84 Å². The molecule has 3 heteroatoms. The van der Waals surface area contributed by atoms with Gasteiger partial charge >= 0.3 is 0 Å². The molecule has 0 aliphatic heterocycles. The van der Waals surface area contributed by atoms with Gasteiger partial charge in [0.15, 0.2) is 0 Å². The summed E-state index contributed by atoms with van der Waals surface area (Å²) in [6.45, 7) is 2.19. The van der Waals surface area contributed by atoms with E-state index >= 15 is 0 Å². The molecule has 0 aromatic carbocycles. The Bertz CT molecular complexity index is 301. The Balaban J connectivity index is 2.36. The van der Waals surface area contributed by atoms with Crippen molar-refractivity contribution in [3.05, 3.63) is 17.0 Å². The number of hydrogen-bond donors (Lipinski definition) is 1. The minimum Gasteiger partial charge on any atom is -0.323 e. The first kappa shape index (κ1) is 8.60. The fourth-order valence-electron chi connectivity index (χ4n) is 2.14. The Morgan fingerprint density at radius 3 is 2.92 bits per heavy atom. The molecular weight excluding hydrogens is 162 g/mol. The summed E-state index contributed by atoms with van der Waals surface area (Å²) in [7, 11) is 0. The quantitative estimate of drug-likeness (QED) is 0.698. The number of nitrogens with zero attached hydrogens (tertiary/aromatic N) is 2. The maximum Gasteiger partial charge on any atom is 0.0680 e. The van der Waals surface area contributed by atoms with Crippen LogP contribution in [0.25, 0.3) is 0 Å². The van der Waals surface area contributed by atoms with Gasteiger partial charge in [0.2, 0.25) is 0 Å². The van der Waals surface area contributed by atoms with E-state index in [2.05, 4.69) is 12.0 Å². The number of rotatable bonds is 2. The second-order valence-electron chi connectivity index (χ2n) is 3.77. The van der Waals surface area contributed by atoms with Gasteiger partial charge in [0.25, 0.3) is 0 Å². The van der Waals surface area contributed by atoms with Crippen LogP contribution in [0.5, 0.6) is 0 Å². The first-order valence-electron chi connectivity index (χ1n) is 5.17. The average Bonchev–Trinajstić information content (AvgIpc) is 2.46. The highest BCUT2D eigenvalue weighted by atomic mass is 15.5. The van der Waals surface area contributed by atoms with Crippen molar-refractivity contribution < 1.29 is 0 Å². The maximum absolute atomic E-state index is 5.80. The van der Waals surface area contributed by atoms with E-state index in [1.165, 1.54) is 36.2 Å². The van der Waals surface area contributed by atoms with Crippen molar-refractivity contribution in [2.75, 3.05) is 5.84 Å². The summed E-state index contributed by atoms with van der Waals surface area (Å²) in [6, 6.07) is 0. The standard InChI is InChI=1S/C10H17N3/c1-2-5-9-8-6-3-4-7-10(8)13(11)12-9/h2-7,11H2,1H3. The van der Waals surface area contributed by atoms with Crippen LogP contribution in [-0.4, -0.2) is 9.89 Å². The molecule has 0 saturated carbocycles. The van der Waals surface area contributed by atoms with Crippen LogP contribution in [0.1, 0.15) is 43.1 Å². The topological polar surface area (TPSA) is 43.8 Å². The molecule has 2 rings (SSSR count). The number of fused-ring (bicyclic) bond motifs is 1. The van der Waals surface area contributed by atoms with Gasteiger partial charge in [-0.25, -0.2) is 0 Å². The summed E-state index contributed by atoms with van der Waals surface area (Å²) in [5, 5.41) is 4.38. The molecule has 0 bridgehead atoms. The number of nitrogen functional groups attached to an aromatic ring is 1. The van der Waals surface area contributed by atoms with E-state index < -0.39 is 0 Å². The van der Waals surface area contributed by atoms with Crippen molar-refractivity contribution in [3.63, 3.8) is 0 Å². The highest BCUT2D eigenvalue weighted by Crippen LogP contribution is 2.23. The van der Waals surface area contributed by atoms with Crippen LogP contribution < -0.4 is 5.84 Å². The third kappa shape index (κ3) is 1.43. The molecule has 1 aromatic rings. The molecule has 13 heavy (non-hydrogen) atoms. The molecule has 0 spiro atoms. The van der Waals surface area contributed by atoms with Crippen molar-refractivity contribution in [3.8, 4) is 0 Å². The van der Waals surface area contributed by atoms with Crippen LogP contribution in [0.4, 0.5) is 0 Å². The Morgan fingerprint density at radius 1 is 1.38 bits per heavy atom. The van der Waals surface area contributed by atoms with Crippen LogP contribution in [0.2, 0.25) is 0 Å². The molecular formula is C10H17N3. The summed E-state index contributed by atoms with van der Waals surface area (Å²) >= 11 is 0. The number of nitrogens with two attached hydrogens (primary N) is 1. The highest BCUT2D eigenvalue weighted by molar-refractivity contribution is 5.28. The van der Waals surface area contributed by atoms with E-state index in [0.717, 1.165) is 19.3 Å². The lowest BCUT2D eigenvalue weighted by Crippen LogP contribution is -2.16. The van der Waals surface area contributed by atoms with Crippen LogP contribution in [0, 0.1) is 0 Å². The van der Waals surface area contributed by atoms with Crippen LogP contribution in [-0.2, 0) is 19.3 Å². The van der Waals surface area contributed by atoms with Gasteiger partial charge in [-0.1, -0.05) is 13.3 Å². The summed E-state index contributed by atoms with van der Waals surface area (Å²) < 4.78 is 0. The second kappa shape index (κ2) is 3.40. The molecule has 0 fully saturated rings. The van der Waals surface area contributed by atoms with Gasteiger partial charge in [-0.3, -0.25) is 0 Å². The monoisotopic (exact) mass is 179 g/mol. The number of hydrogen-bond acceptors (Lipinski definition) is 2. The maximum atomic E-state index is 5.80. The predicted molar refractivity (Wildman–Crippen MR) is 53.0 cm³/mol. The predicted octanol–water partition coefficient (Wildman–Crippen LogP) is 1.43. The molecule has 1 heterocycles. The molecule has 2 N–H and O–H groups in total. The lowest BCUT2D eigenvalue weighted by Gasteiger charge is -2.11. The van der Waals surface area contributed by atoms with Crippen LogP contribution in [0.3, 0.4) is 0 Å². The van der Waals surface area contributed by atoms with E-state index in [9.17, 15) is 0 Å². The zero-order chi connectivity index (χ0) is 9.26. The fraction of sp³-hybridized carbons (Fsp3) is 0.700. The minimum atomic E-state index is 1.08. The van der Waals surface area contributed by atoms with E-state index in [0.29, 0.717) is 0 Å². The lowest BCUT2D eigenvalue weighted by atomic mass is 9.95. The van der Waals surface area contributed by atoms with Gasteiger partial charge in [0.05, 0.1) is 11.4 Å². The van der Waals surface area contributed by atoms with Crippen molar-refractivity contribution in [2.24, 2.45) is 0 Å². The van der Waals surface area contributed by atoms with E-state index in [4.69, 9.17) is 5.84 Å². The molecule has 1 aliphatic rings. The SMILES string of the molecule is CCCc1nn(N)c2c1CCCC2. The Kier molecular flexibility index (Phi) is 2.25.